The van der Waals surface area contributed by atoms with Crippen LogP contribution in [-0.4, -0.2) is 28.8 Å². The van der Waals surface area contributed by atoms with Crippen LogP contribution in [0.2, 0.25) is 0 Å². The number of thioether (sulfide) groups is 1. The van der Waals surface area contributed by atoms with Crippen LogP contribution in [0.1, 0.15) is 11.1 Å². The summed E-state index contributed by atoms with van der Waals surface area (Å²) in [6.07, 6.45) is 3.48. The fourth-order valence-electron chi connectivity index (χ4n) is 3.40. The molecule has 0 saturated carbocycles. The van der Waals surface area contributed by atoms with Gasteiger partial charge >= 0.3 is 0 Å². The molecule has 0 atom stereocenters. The summed E-state index contributed by atoms with van der Waals surface area (Å²) in [6.45, 7) is 4.51. The standard InChI is InChI=1S/C25H21NO3S2/c1-3-13-26-24(27)23(31-25(26)30)15-17-11-12-21(22(14-17)28-2)29-16-19-9-6-8-18-7-4-5-10-20(18)19/h3-12,14-15H,1,13,16H2,2H3/b23-15+. The van der Waals surface area contributed by atoms with E-state index in [4.69, 9.17) is 21.7 Å². The zero-order valence-corrected chi connectivity index (χ0v) is 18.7. The Kier molecular flexibility index (Phi) is 6.39. The Bertz CT molecular complexity index is 1200. The van der Waals surface area contributed by atoms with Gasteiger partial charge in [0.25, 0.3) is 5.91 Å². The highest BCUT2D eigenvalue weighted by atomic mass is 32.2. The summed E-state index contributed by atoms with van der Waals surface area (Å²) < 4.78 is 12.2. The van der Waals surface area contributed by atoms with Crippen molar-refractivity contribution in [3.8, 4) is 11.5 Å². The van der Waals surface area contributed by atoms with Crippen molar-refractivity contribution in [2.75, 3.05) is 13.7 Å². The van der Waals surface area contributed by atoms with E-state index in [1.54, 1.807) is 13.2 Å². The molecule has 4 rings (SSSR count). The summed E-state index contributed by atoms with van der Waals surface area (Å²) in [5, 5.41) is 2.35. The average molecular weight is 448 g/mol. The van der Waals surface area contributed by atoms with Crippen LogP contribution in [0.25, 0.3) is 16.8 Å². The number of carbonyl (C=O) groups is 1. The Balaban J connectivity index is 1.54. The number of hydrogen-bond donors (Lipinski definition) is 0. The summed E-state index contributed by atoms with van der Waals surface area (Å²) in [7, 11) is 1.60. The second-order valence-electron chi connectivity index (χ2n) is 6.92. The number of thiocarbonyl (C=S) groups is 1. The molecule has 1 aliphatic heterocycles. The monoisotopic (exact) mass is 447 g/mol. The third-order valence-corrected chi connectivity index (χ3v) is 6.31. The van der Waals surface area contributed by atoms with E-state index < -0.39 is 0 Å². The maximum absolute atomic E-state index is 12.5. The van der Waals surface area contributed by atoms with Gasteiger partial charge < -0.3 is 9.47 Å². The van der Waals surface area contributed by atoms with E-state index in [0.29, 0.717) is 33.9 Å². The van der Waals surface area contributed by atoms with Gasteiger partial charge in [-0.05, 0) is 40.1 Å². The molecule has 1 saturated heterocycles. The lowest BCUT2D eigenvalue weighted by Gasteiger charge is -2.13. The molecule has 1 fully saturated rings. The van der Waals surface area contributed by atoms with Crippen LogP contribution in [0.15, 0.2) is 78.2 Å². The fraction of sp³-hybridized carbons (Fsp3) is 0.120. The number of nitrogens with zero attached hydrogens (tertiary/aromatic N) is 1. The number of benzene rings is 3. The predicted molar refractivity (Wildman–Crippen MR) is 131 cm³/mol. The van der Waals surface area contributed by atoms with Crippen LogP contribution in [0.5, 0.6) is 11.5 Å². The quantitative estimate of drug-likeness (QED) is 0.259. The lowest BCUT2D eigenvalue weighted by atomic mass is 10.1. The number of fused-ring (bicyclic) bond motifs is 1. The predicted octanol–water partition coefficient (Wildman–Crippen LogP) is 5.81. The fourth-order valence-corrected chi connectivity index (χ4v) is 4.68. The van der Waals surface area contributed by atoms with Gasteiger partial charge in [0, 0.05) is 6.54 Å². The minimum absolute atomic E-state index is 0.106. The molecule has 6 heteroatoms. The Morgan fingerprint density at radius 1 is 1.10 bits per heavy atom. The largest absolute Gasteiger partial charge is 0.493 e. The molecule has 31 heavy (non-hydrogen) atoms. The molecule has 1 aliphatic rings. The number of carbonyl (C=O) groups excluding carboxylic acids is 1. The smallest absolute Gasteiger partial charge is 0.266 e. The first-order valence-corrected chi connectivity index (χ1v) is 11.0. The summed E-state index contributed by atoms with van der Waals surface area (Å²) >= 11 is 6.59. The molecule has 0 aliphatic carbocycles. The van der Waals surface area contributed by atoms with Crippen LogP contribution in [-0.2, 0) is 11.4 Å². The number of ether oxygens (including phenoxy) is 2. The number of hydrogen-bond acceptors (Lipinski definition) is 5. The second kappa shape index (κ2) is 9.37. The Morgan fingerprint density at radius 3 is 2.71 bits per heavy atom. The van der Waals surface area contributed by atoms with E-state index in [2.05, 4.69) is 30.8 Å². The third kappa shape index (κ3) is 4.50. The lowest BCUT2D eigenvalue weighted by molar-refractivity contribution is -0.121. The van der Waals surface area contributed by atoms with Gasteiger partial charge in [0.05, 0.1) is 12.0 Å². The molecule has 3 aromatic rings. The van der Waals surface area contributed by atoms with Gasteiger partial charge in [0.2, 0.25) is 0 Å². The summed E-state index contributed by atoms with van der Waals surface area (Å²) in [5.41, 5.74) is 1.95. The van der Waals surface area contributed by atoms with Gasteiger partial charge in [-0.3, -0.25) is 9.69 Å². The van der Waals surface area contributed by atoms with Gasteiger partial charge in [-0.1, -0.05) is 78.6 Å². The highest BCUT2D eigenvalue weighted by molar-refractivity contribution is 8.26. The molecule has 4 nitrogen and oxygen atoms in total. The molecular formula is C25H21NO3S2. The van der Waals surface area contributed by atoms with E-state index >= 15 is 0 Å². The van der Waals surface area contributed by atoms with Crippen LogP contribution >= 0.6 is 24.0 Å². The highest BCUT2D eigenvalue weighted by Gasteiger charge is 2.31. The molecule has 1 amide bonds. The van der Waals surface area contributed by atoms with Crippen LogP contribution in [0.3, 0.4) is 0 Å². The summed E-state index contributed by atoms with van der Waals surface area (Å²) in [6, 6.07) is 20.0. The van der Waals surface area contributed by atoms with Crippen molar-refractivity contribution in [3.05, 3.63) is 89.4 Å². The zero-order valence-electron chi connectivity index (χ0n) is 17.0. The van der Waals surface area contributed by atoms with Crippen molar-refractivity contribution < 1.29 is 14.3 Å². The Labute approximate surface area is 191 Å². The van der Waals surface area contributed by atoms with Crippen LogP contribution in [0, 0.1) is 0 Å². The van der Waals surface area contributed by atoms with E-state index in [1.807, 2.05) is 42.5 Å². The maximum Gasteiger partial charge on any atom is 0.266 e. The zero-order chi connectivity index (χ0) is 21.8. The Morgan fingerprint density at radius 2 is 1.90 bits per heavy atom. The normalized spacial score (nSPS) is 15.0. The molecule has 1 heterocycles. The van der Waals surface area contributed by atoms with Gasteiger partial charge in [0.15, 0.2) is 11.5 Å². The molecule has 0 unspecified atom stereocenters. The van der Waals surface area contributed by atoms with Gasteiger partial charge in [0.1, 0.15) is 10.9 Å². The van der Waals surface area contributed by atoms with E-state index in [-0.39, 0.29) is 5.91 Å². The van der Waals surface area contributed by atoms with Crippen molar-refractivity contribution in [1.29, 1.82) is 0 Å². The van der Waals surface area contributed by atoms with Crippen molar-refractivity contribution >= 4 is 51.1 Å². The van der Waals surface area contributed by atoms with Gasteiger partial charge in [-0.15, -0.1) is 6.58 Å². The third-order valence-electron chi connectivity index (χ3n) is 4.93. The van der Waals surface area contributed by atoms with Crippen molar-refractivity contribution in [2.45, 2.75) is 6.61 Å². The molecular weight excluding hydrogens is 426 g/mol. The van der Waals surface area contributed by atoms with Crippen LogP contribution in [0.4, 0.5) is 0 Å². The molecule has 0 aromatic heterocycles. The Hall–Kier alpha value is -3.09. The van der Waals surface area contributed by atoms with Crippen molar-refractivity contribution in [2.24, 2.45) is 0 Å². The van der Waals surface area contributed by atoms with E-state index in [9.17, 15) is 4.79 Å². The number of methoxy groups -OCH3 is 1. The first-order valence-electron chi connectivity index (χ1n) is 9.74. The van der Waals surface area contributed by atoms with Gasteiger partial charge in [-0.25, -0.2) is 0 Å². The number of amides is 1. The SMILES string of the molecule is C=CCN1C(=O)/C(=C\c2ccc(OCc3cccc4ccccc34)c(OC)c2)SC1=S. The van der Waals surface area contributed by atoms with Crippen LogP contribution < -0.4 is 9.47 Å². The van der Waals surface area contributed by atoms with Crippen molar-refractivity contribution in [3.63, 3.8) is 0 Å². The molecule has 0 N–H and O–H groups in total. The minimum Gasteiger partial charge on any atom is -0.493 e. The lowest BCUT2D eigenvalue weighted by Crippen LogP contribution is -2.27. The summed E-state index contributed by atoms with van der Waals surface area (Å²) in [4.78, 5) is 14.7. The topological polar surface area (TPSA) is 38.8 Å². The maximum atomic E-state index is 12.5. The molecule has 0 spiro atoms. The summed E-state index contributed by atoms with van der Waals surface area (Å²) in [5.74, 6) is 1.15. The first-order chi connectivity index (χ1) is 15.1. The molecule has 156 valence electrons. The highest BCUT2D eigenvalue weighted by Crippen LogP contribution is 2.35. The molecule has 0 radical (unpaired) electrons. The minimum atomic E-state index is -0.106. The van der Waals surface area contributed by atoms with E-state index in [0.717, 1.165) is 11.1 Å². The molecule has 0 bridgehead atoms. The molecule has 3 aromatic carbocycles. The van der Waals surface area contributed by atoms with E-state index in [1.165, 1.54) is 27.4 Å². The van der Waals surface area contributed by atoms with Gasteiger partial charge in [-0.2, -0.15) is 0 Å². The first kappa shape index (κ1) is 21.2. The average Bonchev–Trinajstić information content (AvgIpc) is 3.05. The number of rotatable bonds is 7. The van der Waals surface area contributed by atoms with Crippen molar-refractivity contribution in [1.82, 2.24) is 4.90 Å². The second-order valence-corrected chi connectivity index (χ2v) is 8.59.